The minimum Gasteiger partial charge on any atom is -0.494 e. The summed E-state index contributed by atoms with van der Waals surface area (Å²) in [6.45, 7) is 5.25. The van der Waals surface area contributed by atoms with Crippen molar-refractivity contribution < 1.29 is 19.4 Å². The molecular formula is C20H29NO4. The third kappa shape index (κ3) is 5.76. The maximum Gasteiger partial charge on any atom is 0.303 e. The molecular weight excluding hydrogens is 318 g/mol. The quantitative estimate of drug-likeness (QED) is 0.632. The van der Waals surface area contributed by atoms with E-state index in [0.717, 1.165) is 37.0 Å². The van der Waals surface area contributed by atoms with Crippen LogP contribution in [-0.2, 0) is 16.1 Å². The molecule has 0 unspecified atom stereocenters. The van der Waals surface area contributed by atoms with Crippen LogP contribution in [0.25, 0.3) is 0 Å². The van der Waals surface area contributed by atoms with Crippen LogP contribution < -0.4 is 10.1 Å². The second-order valence-electron chi connectivity index (χ2n) is 7.40. The lowest BCUT2D eigenvalue weighted by Gasteiger charge is -2.41. The second-order valence-corrected chi connectivity index (χ2v) is 7.40. The standard InChI is InChI=1S/C20H29NO4/c1-15(2)13-20(10-4-11-20)19(24)21-14-16-6-8-17(9-7-16)25-12-3-5-18(22)23/h6-9,15H,3-5,10-14H2,1-2H3,(H,21,24)(H,22,23). The molecule has 5 heteroatoms. The monoisotopic (exact) mass is 347 g/mol. The van der Waals surface area contributed by atoms with Crippen LogP contribution in [-0.4, -0.2) is 23.6 Å². The Morgan fingerprint density at radius 2 is 1.92 bits per heavy atom. The Kier molecular flexibility index (Phi) is 6.85. The average molecular weight is 347 g/mol. The fourth-order valence-corrected chi connectivity index (χ4v) is 3.40. The van der Waals surface area contributed by atoms with Crippen molar-refractivity contribution in [1.82, 2.24) is 5.32 Å². The number of amides is 1. The van der Waals surface area contributed by atoms with Gasteiger partial charge in [0.2, 0.25) is 5.91 Å². The number of carboxylic acid groups (broad SMARTS) is 1. The van der Waals surface area contributed by atoms with Crippen LogP contribution in [0, 0.1) is 11.3 Å². The fraction of sp³-hybridized carbons (Fsp3) is 0.600. The predicted molar refractivity (Wildman–Crippen MR) is 96.4 cm³/mol. The Bertz CT molecular complexity index is 576. The highest BCUT2D eigenvalue weighted by Crippen LogP contribution is 2.46. The van der Waals surface area contributed by atoms with E-state index in [-0.39, 0.29) is 17.7 Å². The van der Waals surface area contributed by atoms with E-state index in [2.05, 4.69) is 19.2 Å². The lowest BCUT2D eigenvalue weighted by molar-refractivity contribution is -0.138. The van der Waals surface area contributed by atoms with Gasteiger partial charge in [0.05, 0.1) is 6.61 Å². The van der Waals surface area contributed by atoms with Gasteiger partial charge in [-0.1, -0.05) is 32.4 Å². The zero-order valence-electron chi connectivity index (χ0n) is 15.2. The van der Waals surface area contributed by atoms with Gasteiger partial charge in [-0.25, -0.2) is 0 Å². The van der Waals surface area contributed by atoms with Gasteiger partial charge < -0.3 is 15.2 Å². The number of rotatable bonds is 10. The van der Waals surface area contributed by atoms with Crippen LogP contribution >= 0.6 is 0 Å². The molecule has 138 valence electrons. The Labute approximate surface area is 149 Å². The predicted octanol–water partition coefficient (Wildman–Crippen LogP) is 3.76. The number of aliphatic carboxylic acids is 1. The van der Waals surface area contributed by atoms with Crippen molar-refractivity contribution in [3.63, 3.8) is 0 Å². The summed E-state index contributed by atoms with van der Waals surface area (Å²) in [4.78, 5) is 23.0. The minimum atomic E-state index is -0.809. The number of nitrogens with one attached hydrogen (secondary N) is 1. The summed E-state index contributed by atoms with van der Waals surface area (Å²) >= 11 is 0. The second kappa shape index (κ2) is 8.88. The molecule has 1 aromatic carbocycles. The molecule has 2 rings (SSSR count). The molecule has 0 spiro atoms. The molecule has 0 saturated heterocycles. The number of carbonyl (C=O) groups is 2. The number of ether oxygens (including phenoxy) is 1. The van der Waals surface area contributed by atoms with Gasteiger partial charge in [-0.15, -0.1) is 0 Å². The van der Waals surface area contributed by atoms with Crippen LogP contribution in [0.5, 0.6) is 5.75 Å². The lowest BCUT2D eigenvalue weighted by Crippen LogP contribution is -2.46. The number of carbonyl (C=O) groups excluding carboxylic acids is 1. The summed E-state index contributed by atoms with van der Waals surface area (Å²) in [5.74, 6) is 0.622. The average Bonchev–Trinajstić information content (AvgIpc) is 2.53. The fourth-order valence-electron chi connectivity index (χ4n) is 3.40. The zero-order chi connectivity index (χ0) is 18.3. The third-order valence-corrected chi connectivity index (χ3v) is 4.77. The van der Waals surface area contributed by atoms with Crippen LogP contribution in [0.1, 0.15) is 57.9 Å². The zero-order valence-corrected chi connectivity index (χ0v) is 15.2. The number of hydrogen-bond acceptors (Lipinski definition) is 3. The molecule has 0 heterocycles. The molecule has 2 N–H and O–H groups in total. The first-order valence-electron chi connectivity index (χ1n) is 9.13. The third-order valence-electron chi connectivity index (χ3n) is 4.77. The molecule has 1 aliphatic rings. The summed E-state index contributed by atoms with van der Waals surface area (Å²) in [6.07, 6.45) is 4.71. The van der Waals surface area contributed by atoms with Crippen LogP contribution in [0.3, 0.4) is 0 Å². The molecule has 0 atom stereocenters. The number of carboxylic acids is 1. The summed E-state index contributed by atoms with van der Waals surface area (Å²) in [6, 6.07) is 7.58. The molecule has 25 heavy (non-hydrogen) atoms. The first-order chi connectivity index (χ1) is 11.9. The highest BCUT2D eigenvalue weighted by molar-refractivity contribution is 5.83. The highest BCUT2D eigenvalue weighted by Gasteiger charge is 2.43. The molecule has 1 aromatic rings. The van der Waals surface area contributed by atoms with E-state index in [9.17, 15) is 9.59 Å². The topological polar surface area (TPSA) is 75.6 Å². The van der Waals surface area contributed by atoms with E-state index in [1.165, 1.54) is 0 Å². The first kappa shape index (κ1) is 19.3. The van der Waals surface area contributed by atoms with Gasteiger partial charge in [0.15, 0.2) is 0 Å². The Hall–Kier alpha value is -2.04. The Morgan fingerprint density at radius 1 is 1.24 bits per heavy atom. The number of benzene rings is 1. The summed E-state index contributed by atoms with van der Waals surface area (Å²) in [5.41, 5.74) is 0.881. The summed E-state index contributed by atoms with van der Waals surface area (Å²) < 4.78 is 5.51. The SMILES string of the molecule is CC(C)CC1(C(=O)NCc2ccc(OCCCC(=O)O)cc2)CCC1. The van der Waals surface area contributed by atoms with Crippen molar-refractivity contribution in [3.8, 4) is 5.75 Å². The van der Waals surface area contributed by atoms with Gasteiger partial charge in [0.1, 0.15) is 5.75 Å². The van der Waals surface area contributed by atoms with Crippen LogP contribution in [0.15, 0.2) is 24.3 Å². The maximum absolute atomic E-state index is 12.6. The van der Waals surface area contributed by atoms with Crippen molar-refractivity contribution in [2.24, 2.45) is 11.3 Å². The molecule has 0 aliphatic heterocycles. The molecule has 1 aliphatic carbocycles. The first-order valence-corrected chi connectivity index (χ1v) is 9.13. The Balaban J connectivity index is 1.77. The molecule has 1 saturated carbocycles. The molecule has 1 fully saturated rings. The van der Waals surface area contributed by atoms with Gasteiger partial charge in [-0.05, 0) is 49.3 Å². The van der Waals surface area contributed by atoms with Gasteiger partial charge in [-0.2, -0.15) is 0 Å². The van der Waals surface area contributed by atoms with E-state index < -0.39 is 5.97 Å². The number of hydrogen-bond donors (Lipinski definition) is 2. The van der Waals surface area contributed by atoms with E-state index in [4.69, 9.17) is 9.84 Å². The molecule has 0 aromatic heterocycles. The molecule has 5 nitrogen and oxygen atoms in total. The van der Waals surface area contributed by atoms with E-state index >= 15 is 0 Å². The molecule has 1 amide bonds. The summed E-state index contributed by atoms with van der Waals surface area (Å²) in [5, 5.41) is 11.7. The highest BCUT2D eigenvalue weighted by atomic mass is 16.5. The van der Waals surface area contributed by atoms with Crippen LogP contribution in [0.2, 0.25) is 0 Å². The van der Waals surface area contributed by atoms with Gasteiger partial charge in [0.25, 0.3) is 0 Å². The van der Waals surface area contributed by atoms with E-state index in [0.29, 0.717) is 25.5 Å². The van der Waals surface area contributed by atoms with Crippen LogP contribution in [0.4, 0.5) is 0 Å². The van der Waals surface area contributed by atoms with Gasteiger partial charge >= 0.3 is 5.97 Å². The van der Waals surface area contributed by atoms with E-state index in [1.54, 1.807) is 0 Å². The molecule has 0 radical (unpaired) electrons. The largest absolute Gasteiger partial charge is 0.494 e. The van der Waals surface area contributed by atoms with Gasteiger partial charge in [0, 0.05) is 18.4 Å². The van der Waals surface area contributed by atoms with Crippen molar-refractivity contribution in [2.45, 2.75) is 58.9 Å². The van der Waals surface area contributed by atoms with Crippen molar-refractivity contribution in [1.29, 1.82) is 0 Å². The van der Waals surface area contributed by atoms with Gasteiger partial charge in [-0.3, -0.25) is 9.59 Å². The van der Waals surface area contributed by atoms with Crippen molar-refractivity contribution in [3.05, 3.63) is 29.8 Å². The van der Waals surface area contributed by atoms with Crippen molar-refractivity contribution >= 4 is 11.9 Å². The normalized spacial score (nSPS) is 15.5. The van der Waals surface area contributed by atoms with Crippen molar-refractivity contribution in [2.75, 3.05) is 6.61 Å². The lowest BCUT2D eigenvalue weighted by atomic mass is 9.64. The molecule has 0 bridgehead atoms. The smallest absolute Gasteiger partial charge is 0.303 e. The maximum atomic E-state index is 12.6. The van der Waals surface area contributed by atoms with E-state index in [1.807, 2.05) is 24.3 Å². The minimum absolute atomic E-state index is 0.113. The Morgan fingerprint density at radius 3 is 2.44 bits per heavy atom. The summed E-state index contributed by atoms with van der Waals surface area (Å²) in [7, 11) is 0.